The lowest BCUT2D eigenvalue weighted by Crippen LogP contribution is -2.11. The summed E-state index contributed by atoms with van der Waals surface area (Å²) in [4.78, 5) is 2.44. The van der Waals surface area contributed by atoms with Gasteiger partial charge in [0, 0.05) is 33.1 Å². The lowest BCUT2D eigenvalue weighted by molar-refractivity contribution is 1.18. The molecule has 0 aliphatic rings. The molecular formula is C66H44N2. The number of anilines is 3. The number of hydrogen-bond donors (Lipinski definition) is 0. The second-order valence-corrected chi connectivity index (χ2v) is 17.6. The molecule has 0 N–H and O–H groups in total. The van der Waals surface area contributed by atoms with Crippen LogP contribution < -0.4 is 4.90 Å². The Bertz CT molecular complexity index is 4010. The zero-order valence-electron chi connectivity index (χ0n) is 37.3. The highest BCUT2D eigenvalue weighted by Gasteiger charge is 2.22. The molecule has 0 saturated carbocycles. The van der Waals surface area contributed by atoms with Crippen molar-refractivity contribution in [2.24, 2.45) is 0 Å². The fraction of sp³-hybridized carbons (Fsp3) is 0. The molecule has 2 nitrogen and oxygen atoms in total. The van der Waals surface area contributed by atoms with Crippen LogP contribution in [0.3, 0.4) is 0 Å². The summed E-state index contributed by atoms with van der Waals surface area (Å²) < 4.78 is 2.48. The second kappa shape index (κ2) is 16.5. The lowest BCUT2D eigenvalue weighted by Gasteiger charge is -2.28. The van der Waals surface area contributed by atoms with Crippen LogP contribution in [0.25, 0.3) is 104 Å². The number of fused-ring (bicyclic) bond motifs is 7. The van der Waals surface area contributed by atoms with Gasteiger partial charge in [-0.1, -0.05) is 218 Å². The zero-order chi connectivity index (χ0) is 45.0. The minimum absolute atomic E-state index is 1.07. The summed E-state index contributed by atoms with van der Waals surface area (Å²) in [6.45, 7) is 0. The summed E-state index contributed by atoms with van der Waals surface area (Å²) in [6.07, 6.45) is 0. The summed E-state index contributed by atoms with van der Waals surface area (Å²) >= 11 is 0. The van der Waals surface area contributed by atoms with Gasteiger partial charge >= 0.3 is 0 Å². The molecule has 0 aliphatic carbocycles. The molecule has 1 aromatic heterocycles. The maximum Gasteiger partial charge on any atom is 0.0547 e. The van der Waals surface area contributed by atoms with Gasteiger partial charge in [-0.2, -0.15) is 0 Å². The predicted molar refractivity (Wildman–Crippen MR) is 290 cm³/mol. The third-order valence-electron chi connectivity index (χ3n) is 13.8. The SMILES string of the molecule is c1ccc(-c2cccc(N(c3ccc(-c4c(-c5ccccc5)cccc4-n4c5ccccc5c5c6ccccc6ccc54)cc3)c3ccc(-c4cccc5ccccc45)c4ccccc34)c2)cc1. The summed E-state index contributed by atoms with van der Waals surface area (Å²) in [5.74, 6) is 0. The maximum absolute atomic E-state index is 2.48. The summed E-state index contributed by atoms with van der Waals surface area (Å²) in [6, 6.07) is 97.5. The number of nitrogens with zero attached hydrogens (tertiary/aromatic N) is 2. The molecule has 0 radical (unpaired) electrons. The monoisotopic (exact) mass is 864 g/mol. The first-order chi connectivity index (χ1) is 33.8. The van der Waals surface area contributed by atoms with Crippen LogP contribution in [-0.4, -0.2) is 4.57 Å². The fourth-order valence-corrected chi connectivity index (χ4v) is 10.7. The van der Waals surface area contributed by atoms with Crippen molar-refractivity contribution >= 4 is 71.2 Å². The molecule has 0 saturated heterocycles. The van der Waals surface area contributed by atoms with Crippen molar-refractivity contribution in [3.63, 3.8) is 0 Å². The number of rotatable bonds is 8. The van der Waals surface area contributed by atoms with E-state index in [4.69, 9.17) is 0 Å². The number of benzene rings is 12. The summed E-state index contributed by atoms with van der Waals surface area (Å²) in [7, 11) is 0. The summed E-state index contributed by atoms with van der Waals surface area (Å²) in [5.41, 5.74) is 16.3. The molecule has 0 spiro atoms. The zero-order valence-corrected chi connectivity index (χ0v) is 37.3. The van der Waals surface area contributed by atoms with E-state index in [0.29, 0.717) is 0 Å². The van der Waals surface area contributed by atoms with Gasteiger partial charge in [-0.05, 0) is 114 Å². The van der Waals surface area contributed by atoms with E-state index in [2.05, 4.69) is 276 Å². The molecule has 13 rings (SSSR count). The van der Waals surface area contributed by atoms with Crippen molar-refractivity contribution in [1.29, 1.82) is 0 Å². The Hall–Kier alpha value is -8.98. The Morgan fingerprint density at radius 2 is 0.853 bits per heavy atom. The molecule has 2 heteroatoms. The third kappa shape index (κ3) is 6.57. The quantitative estimate of drug-likeness (QED) is 0.148. The lowest BCUT2D eigenvalue weighted by atomic mass is 9.92. The molecule has 13 aromatic rings. The first-order valence-corrected chi connectivity index (χ1v) is 23.4. The van der Waals surface area contributed by atoms with Crippen LogP contribution in [0.15, 0.2) is 267 Å². The largest absolute Gasteiger partial charge is 0.310 e. The van der Waals surface area contributed by atoms with Gasteiger partial charge in [-0.25, -0.2) is 0 Å². The van der Waals surface area contributed by atoms with E-state index < -0.39 is 0 Å². The molecule has 0 unspecified atom stereocenters. The van der Waals surface area contributed by atoms with Crippen molar-refractivity contribution in [3.05, 3.63) is 267 Å². The highest BCUT2D eigenvalue weighted by Crippen LogP contribution is 2.47. The van der Waals surface area contributed by atoms with Crippen LogP contribution in [0.5, 0.6) is 0 Å². The van der Waals surface area contributed by atoms with E-state index in [1.807, 2.05) is 0 Å². The van der Waals surface area contributed by atoms with Crippen LogP contribution in [0.4, 0.5) is 17.1 Å². The van der Waals surface area contributed by atoms with E-state index in [-0.39, 0.29) is 0 Å². The first-order valence-electron chi connectivity index (χ1n) is 23.4. The van der Waals surface area contributed by atoms with Crippen molar-refractivity contribution in [2.75, 3.05) is 4.90 Å². The van der Waals surface area contributed by atoms with Crippen molar-refractivity contribution < 1.29 is 0 Å². The molecule has 0 atom stereocenters. The molecule has 12 aromatic carbocycles. The number of aromatic nitrogens is 1. The van der Waals surface area contributed by atoms with Gasteiger partial charge in [-0.15, -0.1) is 0 Å². The van der Waals surface area contributed by atoms with E-state index in [9.17, 15) is 0 Å². The predicted octanol–water partition coefficient (Wildman–Crippen LogP) is 18.4. The Morgan fingerprint density at radius 1 is 0.279 bits per heavy atom. The molecule has 68 heavy (non-hydrogen) atoms. The minimum Gasteiger partial charge on any atom is -0.310 e. The van der Waals surface area contributed by atoms with E-state index in [1.165, 1.54) is 93.1 Å². The van der Waals surface area contributed by atoms with Crippen LogP contribution in [0, 0.1) is 0 Å². The maximum atomic E-state index is 2.48. The first kappa shape index (κ1) is 39.4. The molecule has 318 valence electrons. The van der Waals surface area contributed by atoms with Gasteiger partial charge in [-0.3, -0.25) is 0 Å². The molecule has 0 aliphatic heterocycles. The summed E-state index contributed by atoms with van der Waals surface area (Å²) in [5, 5.41) is 9.91. The van der Waals surface area contributed by atoms with E-state index >= 15 is 0 Å². The van der Waals surface area contributed by atoms with Crippen LogP contribution in [0.2, 0.25) is 0 Å². The average molecular weight is 865 g/mol. The molecule has 0 bridgehead atoms. The fourth-order valence-electron chi connectivity index (χ4n) is 10.7. The van der Waals surface area contributed by atoms with Crippen LogP contribution in [-0.2, 0) is 0 Å². The minimum atomic E-state index is 1.07. The average Bonchev–Trinajstić information content (AvgIpc) is 3.76. The topological polar surface area (TPSA) is 8.17 Å². The Morgan fingerprint density at radius 3 is 1.65 bits per heavy atom. The van der Waals surface area contributed by atoms with Gasteiger partial charge in [0.1, 0.15) is 0 Å². The van der Waals surface area contributed by atoms with Gasteiger partial charge in [0.05, 0.1) is 22.4 Å². The highest BCUT2D eigenvalue weighted by molar-refractivity contribution is 6.21. The van der Waals surface area contributed by atoms with E-state index in [1.54, 1.807) is 0 Å². The van der Waals surface area contributed by atoms with Crippen molar-refractivity contribution in [3.8, 4) is 50.2 Å². The molecular weight excluding hydrogens is 821 g/mol. The molecule has 1 heterocycles. The van der Waals surface area contributed by atoms with Crippen LogP contribution >= 0.6 is 0 Å². The van der Waals surface area contributed by atoms with Gasteiger partial charge in [0.15, 0.2) is 0 Å². The third-order valence-corrected chi connectivity index (χ3v) is 13.8. The number of hydrogen-bond acceptors (Lipinski definition) is 1. The smallest absolute Gasteiger partial charge is 0.0547 e. The number of para-hydroxylation sites is 1. The van der Waals surface area contributed by atoms with Gasteiger partial charge in [0.25, 0.3) is 0 Å². The Kier molecular flexibility index (Phi) is 9.54. The Labute approximate surface area is 395 Å². The van der Waals surface area contributed by atoms with Gasteiger partial charge in [0.2, 0.25) is 0 Å². The van der Waals surface area contributed by atoms with Gasteiger partial charge < -0.3 is 9.47 Å². The van der Waals surface area contributed by atoms with Crippen molar-refractivity contribution in [2.45, 2.75) is 0 Å². The van der Waals surface area contributed by atoms with Crippen LogP contribution in [0.1, 0.15) is 0 Å². The normalized spacial score (nSPS) is 11.5. The Balaban J connectivity index is 1.03. The second-order valence-electron chi connectivity index (χ2n) is 17.6. The molecule has 0 fully saturated rings. The molecule has 0 amide bonds. The van der Waals surface area contributed by atoms with E-state index in [0.717, 1.165) is 28.3 Å². The van der Waals surface area contributed by atoms with Crippen molar-refractivity contribution in [1.82, 2.24) is 4.57 Å². The standard InChI is InChI=1S/C66H44N2/c1-3-18-45(19-4-1)50-25-15-26-52(44-50)67(62-43-41-58(57-29-11-12-30-59(57)62)56-33-16-24-46-22-7-9-27-53(46)56)51-39-36-49(37-40-51)65-54(47-20-5-2-6-21-47)32-17-35-63(65)68-61-34-14-13-31-60(61)66-55-28-10-8-23-48(55)38-42-64(66)68/h1-44H. The highest BCUT2D eigenvalue weighted by atomic mass is 15.1.